The van der Waals surface area contributed by atoms with Gasteiger partial charge in [0.1, 0.15) is 6.10 Å². The number of carboxylic acid groups (broad SMARTS) is 1. The van der Waals surface area contributed by atoms with Crippen LogP contribution in [0.5, 0.6) is 0 Å². The van der Waals surface area contributed by atoms with Crippen LogP contribution in [-0.4, -0.2) is 34.4 Å². The van der Waals surface area contributed by atoms with Gasteiger partial charge in [-0.05, 0) is 25.7 Å². The van der Waals surface area contributed by atoms with Crippen molar-refractivity contribution in [1.29, 1.82) is 0 Å². The fourth-order valence-corrected chi connectivity index (χ4v) is 1.67. The first-order valence-corrected chi connectivity index (χ1v) is 5.20. The molecule has 0 aliphatic heterocycles. The molecule has 0 aromatic rings. The van der Waals surface area contributed by atoms with E-state index >= 15 is 0 Å². The lowest BCUT2D eigenvalue weighted by Crippen LogP contribution is -2.30. The summed E-state index contributed by atoms with van der Waals surface area (Å²) in [5.74, 6) is -2.02. The summed E-state index contributed by atoms with van der Waals surface area (Å²) in [5.41, 5.74) is 0. The molecule has 0 bridgehead atoms. The Morgan fingerprint density at radius 2 is 1.87 bits per heavy atom. The molecule has 2 N–H and O–H groups in total. The summed E-state index contributed by atoms with van der Waals surface area (Å²) < 4.78 is 5.00. The lowest BCUT2D eigenvalue weighted by atomic mass is 9.98. The van der Waals surface area contributed by atoms with E-state index in [1.165, 1.54) is 0 Å². The Bertz CT molecular complexity index is 232. The number of rotatable bonds is 4. The van der Waals surface area contributed by atoms with Crippen LogP contribution in [0.25, 0.3) is 0 Å². The van der Waals surface area contributed by atoms with Crippen LogP contribution in [0, 0.1) is 0 Å². The molecular formula is C10H16O5. The highest BCUT2D eigenvalue weighted by molar-refractivity contribution is 5.80. The van der Waals surface area contributed by atoms with Crippen LogP contribution in [-0.2, 0) is 14.3 Å². The molecule has 0 spiro atoms. The molecule has 1 atom stereocenters. The second-order valence-corrected chi connectivity index (χ2v) is 3.81. The Hall–Kier alpha value is -1.10. The molecule has 1 aliphatic rings. The van der Waals surface area contributed by atoms with Crippen molar-refractivity contribution in [3.63, 3.8) is 0 Å². The zero-order chi connectivity index (χ0) is 11.3. The average Bonchev–Trinajstić information content (AvgIpc) is 2.18. The topological polar surface area (TPSA) is 83.8 Å². The minimum absolute atomic E-state index is 0.144. The second-order valence-electron chi connectivity index (χ2n) is 3.81. The molecule has 0 saturated heterocycles. The molecule has 0 aromatic carbocycles. The van der Waals surface area contributed by atoms with Crippen LogP contribution in [0.4, 0.5) is 0 Å². The van der Waals surface area contributed by atoms with Crippen molar-refractivity contribution in [3.8, 4) is 0 Å². The third kappa shape index (κ3) is 4.29. The molecule has 0 amide bonds. The van der Waals surface area contributed by atoms with Crippen molar-refractivity contribution in [2.45, 2.75) is 50.7 Å². The van der Waals surface area contributed by atoms with Crippen LogP contribution in [0.2, 0.25) is 0 Å². The van der Waals surface area contributed by atoms with Gasteiger partial charge in [-0.2, -0.15) is 0 Å². The summed E-state index contributed by atoms with van der Waals surface area (Å²) in [4.78, 5) is 21.4. The maximum absolute atomic E-state index is 11.2. The van der Waals surface area contributed by atoms with Gasteiger partial charge in [-0.1, -0.05) is 6.42 Å². The maximum Gasteiger partial charge on any atom is 0.335 e. The van der Waals surface area contributed by atoms with Crippen molar-refractivity contribution in [3.05, 3.63) is 0 Å². The molecule has 15 heavy (non-hydrogen) atoms. The standard InChI is InChI=1S/C10H16O5/c11-8(6-9(12)13)10(14)15-7-4-2-1-3-5-7/h7-8,11H,1-6H2,(H,12,13). The fourth-order valence-electron chi connectivity index (χ4n) is 1.67. The van der Waals surface area contributed by atoms with E-state index in [1.54, 1.807) is 0 Å². The molecule has 1 saturated carbocycles. The average molecular weight is 216 g/mol. The smallest absolute Gasteiger partial charge is 0.335 e. The van der Waals surface area contributed by atoms with Gasteiger partial charge in [0.15, 0.2) is 6.10 Å². The molecular weight excluding hydrogens is 200 g/mol. The van der Waals surface area contributed by atoms with Gasteiger partial charge in [-0.15, -0.1) is 0 Å². The molecule has 1 rings (SSSR count). The van der Waals surface area contributed by atoms with Crippen molar-refractivity contribution >= 4 is 11.9 Å². The molecule has 0 heterocycles. The maximum atomic E-state index is 11.2. The van der Waals surface area contributed by atoms with Crippen molar-refractivity contribution in [2.75, 3.05) is 0 Å². The zero-order valence-corrected chi connectivity index (χ0v) is 8.52. The first-order chi connectivity index (χ1) is 7.09. The number of hydrogen-bond donors (Lipinski definition) is 2. The highest BCUT2D eigenvalue weighted by Crippen LogP contribution is 2.20. The zero-order valence-electron chi connectivity index (χ0n) is 8.52. The largest absolute Gasteiger partial charge is 0.481 e. The Kier molecular flexibility index (Phi) is 4.55. The van der Waals surface area contributed by atoms with Crippen LogP contribution in [0.15, 0.2) is 0 Å². The van der Waals surface area contributed by atoms with E-state index in [4.69, 9.17) is 14.9 Å². The first-order valence-electron chi connectivity index (χ1n) is 5.20. The number of aliphatic hydroxyl groups excluding tert-OH is 1. The second kappa shape index (κ2) is 5.70. The van der Waals surface area contributed by atoms with Crippen LogP contribution >= 0.6 is 0 Å². The lowest BCUT2D eigenvalue weighted by Gasteiger charge is -2.22. The number of aliphatic carboxylic acids is 1. The summed E-state index contributed by atoms with van der Waals surface area (Å²) in [6.07, 6.45) is 2.54. The summed E-state index contributed by atoms with van der Waals surface area (Å²) >= 11 is 0. The van der Waals surface area contributed by atoms with E-state index in [2.05, 4.69) is 0 Å². The number of hydrogen-bond acceptors (Lipinski definition) is 4. The summed E-state index contributed by atoms with van der Waals surface area (Å²) in [6.45, 7) is 0. The molecule has 1 fully saturated rings. The lowest BCUT2D eigenvalue weighted by molar-refractivity contribution is -0.164. The van der Waals surface area contributed by atoms with E-state index < -0.39 is 24.5 Å². The van der Waals surface area contributed by atoms with Gasteiger partial charge in [0.25, 0.3) is 0 Å². The van der Waals surface area contributed by atoms with E-state index in [9.17, 15) is 9.59 Å². The normalized spacial score (nSPS) is 19.5. The number of carbonyl (C=O) groups is 2. The fraction of sp³-hybridized carbons (Fsp3) is 0.800. The highest BCUT2D eigenvalue weighted by Gasteiger charge is 2.24. The van der Waals surface area contributed by atoms with Gasteiger partial charge in [-0.3, -0.25) is 4.79 Å². The molecule has 1 unspecified atom stereocenters. The van der Waals surface area contributed by atoms with Gasteiger partial charge >= 0.3 is 11.9 Å². The Morgan fingerprint density at radius 3 is 2.40 bits per heavy atom. The highest BCUT2D eigenvalue weighted by atomic mass is 16.6. The first kappa shape index (κ1) is 12.0. The van der Waals surface area contributed by atoms with Gasteiger partial charge in [0.05, 0.1) is 6.42 Å². The van der Waals surface area contributed by atoms with Gasteiger partial charge in [-0.25, -0.2) is 4.79 Å². The minimum Gasteiger partial charge on any atom is -0.481 e. The van der Waals surface area contributed by atoms with Crippen molar-refractivity contribution in [2.24, 2.45) is 0 Å². The van der Waals surface area contributed by atoms with E-state index in [0.29, 0.717) is 0 Å². The number of carboxylic acids is 1. The molecule has 1 aliphatic carbocycles. The van der Waals surface area contributed by atoms with E-state index in [0.717, 1.165) is 32.1 Å². The molecule has 86 valence electrons. The molecule has 5 heteroatoms. The van der Waals surface area contributed by atoms with Crippen molar-refractivity contribution < 1.29 is 24.5 Å². The molecule has 0 radical (unpaired) electrons. The number of esters is 1. The third-order valence-corrected chi connectivity index (χ3v) is 2.48. The predicted molar refractivity (Wildman–Crippen MR) is 51.2 cm³/mol. The van der Waals surface area contributed by atoms with Gasteiger partial charge < -0.3 is 14.9 Å². The quantitative estimate of drug-likeness (QED) is 0.676. The van der Waals surface area contributed by atoms with Crippen LogP contribution < -0.4 is 0 Å². The van der Waals surface area contributed by atoms with Crippen LogP contribution in [0.1, 0.15) is 38.5 Å². The Balaban J connectivity index is 2.30. The number of aliphatic hydroxyl groups is 1. The molecule has 0 aromatic heterocycles. The van der Waals surface area contributed by atoms with Crippen molar-refractivity contribution in [1.82, 2.24) is 0 Å². The summed E-state index contributed by atoms with van der Waals surface area (Å²) in [7, 11) is 0. The minimum atomic E-state index is -1.54. The Morgan fingerprint density at radius 1 is 1.27 bits per heavy atom. The monoisotopic (exact) mass is 216 g/mol. The number of ether oxygens (including phenoxy) is 1. The van der Waals surface area contributed by atoms with Gasteiger partial charge in [0.2, 0.25) is 0 Å². The SMILES string of the molecule is O=C(O)CC(O)C(=O)OC1CCCCC1. The predicted octanol–water partition coefficient (Wildman–Crippen LogP) is 0.698. The van der Waals surface area contributed by atoms with E-state index in [-0.39, 0.29) is 6.10 Å². The number of carbonyl (C=O) groups excluding carboxylic acids is 1. The Labute approximate surface area is 88.0 Å². The van der Waals surface area contributed by atoms with E-state index in [1.807, 2.05) is 0 Å². The van der Waals surface area contributed by atoms with Gasteiger partial charge in [0, 0.05) is 0 Å². The van der Waals surface area contributed by atoms with Crippen LogP contribution in [0.3, 0.4) is 0 Å². The summed E-state index contributed by atoms with van der Waals surface area (Å²) in [5, 5.41) is 17.5. The summed E-state index contributed by atoms with van der Waals surface area (Å²) in [6, 6.07) is 0. The third-order valence-electron chi connectivity index (χ3n) is 2.48. The molecule has 5 nitrogen and oxygen atoms in total.